The summed E-state index contributed by atoms with van der Waals surface area (Å²) in [4.78, 5) is 0. The molecule has 3 rings (SSSR count). The topological polar surface area (TPSA) is 55.2 Å². The van der Waals surface area contributed by atoms with Crippen LogP contribution in [0.5, 0.6) is 5.75 Å². The zero-order chi connectivity index (χ0) is 17.8. The molecule has 6 heteroatoms. The van der Waals surface area contributed by atoms with Crippen LogP contribution >= 0.6 is 12.2 Å². The van der Waals surface area contributed by atoms with E-state index >= 15 is 0 Å². The van der Waals surface area contributed by atoms with E-state index in [1.54, 1.807) is 10.9 Å². The Bertz CT molecular complexity index is 956. The Hall–Kier alpha value is -2.73. The fraction of sp³-hybridized carbons (Fsp3) is 0.211. The van der Waals surface area contributed by atoms with Gasteiger partial charge in [0.1, 0.15) is 5.75 Å². The van der Waals surface area contributed by atoms with Crippen molar-refractivity contribution < 1.29 is 4.74 Å². The number of hydrogen-bond donors (Lipinski definition) is 1. The van der Waals surface area contributed by atoms with Crippen molar-refractivity contribution in [3.8, 4) is 17.1 Å². The first kappa shape index (κ1) is 17.1. The van der Waals surface area contributed by atoms with Gasteiger partial charge in [-0.2, -0.15) is 14.9 Å². The minimum absolute atomic E-state index is 0.107. The van der Waals surface area contributed by atoms with Crippen LogP contribution in [0.4, 0.5) is 0 Å². The molecule has 1 N–H and O–H groups in total. The maximum atomic E-state index is 5.75. The number of benzene rings is 2. The van der Waals surface area contributed by atoms with Crippen LogP contribution in [-0.2, 0) is 0 Å². The molecular weight excluding hydrogens is 332 g/mol. The average Bonchev–Trinajstić information content (AvgIpc) is 2.93. The molecule has 128 valence electrons. The van der Waals surface area contributed by atoms with Crippen LogP contribution in [0.15, 0.2) is 53.6 Å². The third-order valence-corrected chi connectivity index (χ3v) is 3.74. The molecule has 0 fully saturated rings. The number of aryl methyl sites for hydroxylation is 1. The number of rotatable bonds is 5. The van der Waals surface area contributed by atoms with Gasteiger partial charge in [0.15, 0.2) is 5.82 Å². The molecule has 25 heavy (non-hydrogen) atoms. The van der Waals surface area contributed by atoms with Gasteiger partial charge in [-0.15, -0.1) is 0 Å². The lowest BCUT2D eigenvalue weighted by atomic mass is 10.2. The van der Waals surface area contributed by atoms with Crippen LogP contribution in [0.1, 0.15) is 25.0 Å². The van der Waals surface area contributed by atoms with Crippen LogP contribution in [0.3, 0.4) is 0 Å². The van der Waals surface area contributed by atoms with Crippen molar-refractivity contribution in [1.29, 1.82) is 0 Å². The van der Waals surface area contributed by atoms with Crippen molar-refractivity contribution in [1.82, 2.24) is 14.9 Å². The predicted molar refractivity (Wildman–Crippen MR) is 103 cm³/mol. The Kier molecular flexibility index (Phi) is 5.09. The standard InChI is InChI=1S/C19H20N4OS/c1-13(2)24-17-9-5-8-16(11-17)18-21-22-19(25)23(18)20-12-15-7-4-6-14(3)10-15/h4-13H,1-3H3,(H,22,25). The van der Waals surface area contributed by atoms with E-state index in [0.717, 1.165) is 16.9 Å². The van der Waals surface area contributed by atoms with Gasteiger partial charge in [0.25, 0.3) is 0 Å². The Morgan fingerprint density at radius 1 is 1.20 bits per heavy atom. The van der Waals surface area contributed by atoms with Crippen molar-refractivity contribution >= 4 is 18.4 Å². The molecule has 0 spiro atoms. The maximum Gasteiger partial charge on any atom is 0.216 e. The highest BCUT2D eigenvalue weighted by Crippen LogP contribution is 2.23. The number of hydrogen-bond acceptors (Lipinski definition) is 4. The SMILES string of the molecule is Cc1cccc(C=Nn2c(-c3cccc(OC(C)C)c3)n[nH]c2=S)c1. The monoisotopic (exact) mass is 352 g/mol. The van der Waals surface area contributed by atoms with Crippen molar-refractivity contribution in [3.05, 3.63) is 64.4 Å². The summed E-state index contributed by atoms with van der Waals surface area (Å²) in [7, 11) is 0. The summed E-state index contributed by atoms with van der Waals surface area (Å²) in [5.41, 5.74) is 3.07. The van der Waals surface area contributed by atoms with Crippen molar-refractivity contribution in [2.45, 2.75) is 26.9 Å². The summed E-state index contributed by atoms with van der Waals surface area (Å²) >= 11 is 5.32. The van der Waals surface area contributed by atoms with E-state index < -0.39 is 0 Å². The number of aromatic amines is 1. The lowest BCUT2D eigenvalue weighted by Crippen LogP contribution is -2.05. The lowest BCUT2D eigenvalue weighted by Gasteiger charge is -2.10. The zero-order valence-electron chi connectivity index (χ0n) is 14.4. The minimum atomic E-state index is 0.107. The average molecular weight is 352 g/mol. The molecule has 1 heterocycles. The summed E-state index contributed by atoms with van der Waals surface area (Å²) in [5.74, 6) is 1.43. The molecule has 0 saturated heterocycles. The van der Waals surface area contributed by atoms with Crippen LogP contribution in [0.2, 0.25) is 0 Å². The molecule has 0 radical (unpaired) electrons. The van der Waals surface area contributed by atoms with Crippen molar-refractivity contribution in [2.24, 2.45) is 5.10 Å². The van der Waals surface area contributed by atoms with E-state index in [1.807, 2.05) is 63.2 Å². The number of aromatic nitrogens is 3. The largest absolute Gasteiger partial charge is 0.491 e. The van der Waals surface area contributed by atoms with E-state index in [1.165, 1.54) is 5.56 Å². The second kappa shape index (κ2) is 7.44. The molecule has 0 unspecified atom stereocenters. The second-order valence-electron chi connectivity index (χ2n) is 6.02. The first-order chi connectivity index (χ1) is 12.0. The molecule has 5 nitrogen and oxygen atoms in total. The van der Waals surface area contributed by atoms with E-state index in [9.17, 15) is 0 Å². The molecular formula is C19H20N4OS. The van der Waals surface area contributed by atoms with Gasteiger partial charge in [-0.3, -0.25) is 0 Å². The van der Waals surface area contributed by atoms with Gasteiger partial charge in [-0.05, 0) is 50.7 Å². The van der Waals surface area contributed by atoms with Gasteiger partial charge in [-0.1, -0.05) is 42.0 Å². The quantitative estimate of drug-likeness (QED) is 0.540. The van der Waals surface area contributed by atoms with E-state index in [4.69, 9.17) is 17.0 Å². The second-order valence-corrected chi connectivity index (χ2v) is 6.40. The van der Waals surface area contributed by atoms with Crippen LogP contribution < -0.4 is 4.74 Å². The molecule has 3 aromatic rings. The van der Waals surface area contributed by atoms with Gasteiger partial charge in [0.2, 0.25) is 4.77 Å². The highest BCUT2D eigenvalue weighted by atomic mass is 32.1. The molecule has 0 atom stereocenters. The summed E-state index contributed by atoms with van der Waals surface area (Å²) in [6, 6.07) is 15.8. The minimum Gasteiger partial charge on any atom is -0.491 e. The van der Waals surface area contributed by atoms with Gasteiger partial charge in [-0.25, -0.2) is 5.10 Å². The van der Waals surface area contributed by atoms with Gasteiger partial charge in [0.05, 0.1) is 12.3 Å². The number of ether oxygens (including phenoxy) is 1. The van der Waals surface area contributed by atoms with Gasteiger partial charge >= 0.3 is 0 Å². The maximum absolute atomic E-state index is 5.75. The summed E-state index contributed by atoms with van der Waals surface area (Å²) in [6.45, 7) is 6.04. The molecule has 0 bridgehead atoms. The van der Waals surface area contributed by atoms with Gasteiger partial charge in [0, 0.05) is 5.56 Å². The highest BCUT2D eigenvalue weighted by molar-refractivity contribution is 7.71. The first-order valence-corrected chi connectivity index (χ1v) is 8.49. The Morgan fingerprint density at radius 2 is 2.00 bits per heavy atom. The normalized spacial score (nSPS) is 11.4. The molecule has 0 saturated carbocycles. The Morgan fingerprint density at radius 3 is 2.76 bits per heavy atom. The van der Waals surface area contributed by atoms with Crippen LogP contribution in [0, 0.1) is 11.7 Å². The van der Waals surface area contributed by atoms with Crippen LogP contribution in [0.25, 0.3) is 11.4 Å². The zero-order valence-corrected chi connectivity index (χ0v) is 15.2. The van der Waals surface area contributed by atoms with Crippen LogP contribution in [-0.4, -0.2) is 27.2 Å². The lowest BCUT2D eigenvalue weighted by molar-refractivity contribution is 0.242. The van der Waals surface area contributed by atoms with Crippen molar-refractivity contribution in [3.63, 3.8) is 0 Å². The smallest absolute Gasteiger partial charge is 0.216 e. The predicted octanol–water partition coefficient (Wildman–Crippen LogP) is 4.59. The highest BCUT2D eigenvalue weighted by Gasteiger charge is 2.09. The Labute approximate surface area is 152 Å². The summed E-state index contributed by atoms with van der Waals surface area (Å²) in [6.07, 6.45) is 1.88. The molecule has 0 aliphatic heterocycles. The summed E-state index contributed by atoms with van der Waals surface area (Å²) in [5, 5.41) is 11.6. The van der Waals surface area contributed by atoms with E-state index in [2.05, 4.69) is 21.4 Å². The van der Waals surface area contributed by atoms with E-state index in [0.29, 0.717) is 10.6 Å². The number of nitrogens with one attached hydrogen (secondary N) is 1. The molecule has 0 aliphatic rings. The molecule has 1 aromatic heterocycles. The Balaban J connectivity index is 1.96. The van der Waals surface area contributed by atoms with Crippen molar-refractivity contribution in [2.75, 3.05) is 0 Å². The number of nitrogens with zero attached hydrogens (tertiary/aromatic N) is 3. The third-order valence-electron chi connectivity index (χ3n) is 3.48. The summed E-state index contributed by atoms with van der Waals surface area (Å²) < 4.78 is 7.81. The third kappa shape index (κ3) is 4.22. The fourth-order valence-electron chi connectivity index (χ4n) is 2.44. The molecule has 2 aromatic carbocycles. The van der Waals surface area contributed by atoms with E-state index in [-0.39, 0.29) is 6.10 Å². The number of H-pyrrole nitrogens is 1. The molecule has 0 aliphatic carbocycles. The van der Waals surface area contributed by atoms with Gasteiger partial charge < -0.3 is 4.74 Å². The molecule has 0 amide bonds. The fourth-order valence-corrected chi connectivity index (χ4v) is 2.62. The first-order valence-electron chi connectivity index (χ1n) is 8.08.